The second-order valence-corrected chi connectivity index (χ2v) is 4.84. The van der Waals surface area contributed by atoms with Crippen LogP contribution in [0.1, 0.15) is 5.56 Å². The van der Waals surface area contributed by atoms with E-state index in [1.807, 2.05) is 30.3 Å². The van der Waals surface area contributed by atoms with E-state index < -0.39 is 24.4 Å². The fourth-order valence-electron chi connectivity index (χ4n) is 1.85. The SMILES string of the molecule is COC(=O)C(CNCC(OC)OC)NC(=O)OCc1ccccc1. The molecule has 0 aliphatic carbocycles. The van der Waals surface area contributed by atoms with Gasteiger partial charge >= 0.3 is 12.1 Å². The predicted octanol–water partition coefficient (Wildman–Crippen LogP) is 0.663. The standard InChI is InChI=1S/C16H24N2O6/c1-21-14(22-2)10-17-9-13(15(19)23-3)18-16(20)24-11-12-7-5-4-6-8-12/h4-8,13-14,17H,9-11H2,1-3H3,(H,18,20). The van der Waals surface area contributed by atoms with Gasteiger partial charge < -0.3 is 29.6 Å². The molecule has 0 heterocycles. The molecule has 1 aromatic rings. The lowest BCUT2D eigenvalue weighted by atomic mass is 10.2. The van der Waals surface area contributed by atoms with E-state index in [1.54, 1.807) is 0 Å². The van der Waals surface area contributed by atoms with Crippen molar-refractivity contribution in [2.75, 3.05) is 34.4 Å². The first-order valence-electron chi connectivity index (χ1n) is 7.42. The Hall–Kier alpha value is -2.16. The Morgan fingerprint density at radius 3 is 2.29 bits per heavy atom. The number of nitrogens with one attached hydrogen (secondary N) is 2. The molecule has 1 unspecified atom stereocenters. The maximum absolute atomic E-state index is 11.8. The first-order valence-corrected chi connectivity index (χ1v) is 7.42. The average molecular weight is 340 g/mol. The van der Waals surface area contributed by atoms with Crippen molar-refractivity contribution in [2.24, 2.45) is 0 Å². The summed E-state index contributed by atoms with van der Waals surface area (Å²) < 4.78 is 19.8. The van der Waals surface area contributed by atoms with Crippen LogP contribution in [0.15, 0.2) is 30.3 Å². The number of benzene rings is 1. The lowest BCUT2D eigenvalue weighted by molar-refractivity contribution is -0.143. The lowest BCUT2D eigenvalue weighted by Crippen LogP contribution is -2.49. The Labute approximate surface area is 141 Å². The minimum atomic E-state index is -0.882. The zero-order valence-electron chi connectivity index (χ0n) is 14.1. The third kappa shape index (κ3) is 7.40. The zero-order chi connectivity index (χ0) is 17.8. The number of amides is 1. The minimum Gasteiger partial charge on any atom is -0.467 e. The predicted molar refractivity (Wildman–Crippen MR) is 86.2 cm³/mol. The molecule has 134 valence electrons. The fraction of sp³-hybridized carbons (Fsp3) is 0.500. The summed E-state index contributed by atoms with van der Waals surface area (Å²) in [6.45, 7) is 0.612. The zero-order valence-corrected chi connectivity index (χ0v) is 14.1. The molecule has 24 heavy (non-hydrogen) atoms. The van der Waals surface area contributed by atoms with Crippen LogP contribution in [-0.4, -0.2) is 58.8 Å². The summed E-state index contributed by atoms with van der Waals surface area (Å²) in [6, 6.07) is 8.35. The quantitative estimate of drug-likeness (QED) is 0.477. The molecule has 0 aromatic heterocycles. The van der Waals surface area contributed by atoms with Crippen molar-refractivity contribution in [3.63, 3.8) is 0 Å². The normalized spacial score (nSPS) is 11.8. The molecule has 0 saturated heterocycles. The smallest absolute Gasteiger partial charge is 0.408 e. The highest BCUT2D eigenvalue weighted by molar-refractivity contribution is 5.81. The van der Waals surface area contributed by atoms with E-state index in [9.17, 15) is 9.59 Å². The van der Waals surface area contributed by atoms with Crippen LogP contribution in [0.25, 0.3) is 0 Å². The summed E-state index contributed by atoms with van der Waals surface area (Å²) in [5.41, 5.74) is 0.850. The highest BCUT2D eigenvalue weighted by Gasteiger charge is 2.22. The summed E-state index contributed by atoms with van der Waals surface area (Å²) in [5.74, 6) is -0.578. The first-order chi connectivity index (χ1) is 11.6. The Balaban J connectivity index is 2.43. The lowest BCUT2D eigenvalue weighted by Gasteiger charge is -2.19. The highest BCUT2D eigenvalue weighted by Crippen LogP contribution is 2.01. The molecule has 0 fully saturated rings. The van der Waals surface area contributed by atoms with Crippen molar-refractivity contribution >= 4 is 12.1 Å². The van der Waals surface area contributed by atoms with Crippen molar-refractivity contribution < 1.29 is 28.5 Å². The molecule has 1 rings (SSSR count). The number of carbonyl (C=O) groups is 2. The van der Waals surface area contributed by atoms with E-state index in [0.717, 1.165) is 5.56 Å². The number of ether oxygens (including phenoxy) is 4. The van der Waals surface area contributed by atoms with Crippen molar-refractivity contribution in [3.8, 4) is 0 Å². The summed E-state index contributed by atoms with van der Waals surface area (Å²) in [7, 11) is 4.26. The van der Waals surface area contributed by atoms with Crippen LogP contribution in [0, 0.1) is 0 Å². The van der Waals surface area contributed by atoms with Crippen molar-refractivity contribution in [3.05, 3.63) is 35.9 Å². The van der Waals surface area contributed by atoms with Crippen LogP contribution < -0.4 is 10.6 Å². The Bertz CT molecular complexity index is 493. The van der Waals surface area contributed by atoms with Gasteiger partial charge in [-0.05, 0) is 5.56 Å². The van der Waals surface area contributed by atoms with E-state index in [-0.39, 0.29) is 13.2 Å². The largest absolute Gasteiger partial charge is 0.467 e. The van der Waals surface area contributed by atoms with Crippen LogP contribution in [-0.2, 0) is 30.3 Å². The molecule has 0 bridgehead atoms. The van der Waals surface area contributed by atoms with Gasteiger partial charge in [0.25, 0.3) is 0 Å². The third-order valence-electron chi connectivity index (χ3n) is 3.18. The van der Waals surface area contributed by atoms with Crippen molar-refractivity contribution in [2.45, 2.75) is 18.9 Å². The molecule has 1 aromatic carbocycles. The van der Waals surface area contributed by atoms with E-state index in [1.165, 1.54) is 21.3 Å². The summed E-state index contributed by atoms with van der Waals surface area (Å²) in [5, 5.41) is 5.43. The average Bonchev–Trinajstić information content (AvgIpc) is 2.62. The van der Waals surface area contributed by atoms with E-state index in [2.05, 4.69) is 15.4 Å². The number of methoxy groups -OCH3 is 3. The molecule has 8 heteroatoms. The Morgan fingerprint density at radius 1 is 1.04 bits per heavy atom. The highest BCUT2D eigenvalue weighted by atomic mass is 16.7. The van der Waals surface area contributed by atoms with Gasteiger partial charge in [-0.2, -0.15) is 0 Å². The molecule has 2 N–H and O–H groups in total. The van der Waals surface area contributed by atoms with Gasteiger partial charge in [0.15, 0.2) is 6.29 Å². The number of carbonyl (C=O) groups excluding carboxylic acids is 2. The van der Waals surface area contributed by atoms with E-state index >= 15 is 0 Å². The van der Waals surface area contributed by atoms with Gasteiger partial charge in [-0.15, -0.1) is 0 Å². The molecule has 0 aliphatic rings. The fourth-order valence-corrected chi connectivity index (χ4v) is 1.85. The van der Waals surface area contributed by atoms with Crippen LogP contribution in [0.4, 0.5) is 4.79 Å². The van der Waals surface area contributed by atoms with Crippen LogP contribution in [0.3, 0.4) is 0 Å². The van der Waals surface area contributed by atoms with Crippen LogP contribution in [0.5, 0.6) is 0 Å². The third-order valence-corrected chi connectivity index (χ3v) is 3.18. The molecule has 1 atom stereocenters. The molecule has 1 amide bonds. The molecular formula is C16H24N2O6. The monoisotopic (exact) mass is 340 g/mol. The minimum absolute atomic E-state index is 0.115. The van der Waals surface area contributed by atoms with Crippen LogP contribution >= 0.6 is 0 Å². The summed E-state index contributed by atoms with van der Waals surface area (Å²) in [6.07, 6.45) is -1.15. The summed E-state index contributed by atoms with van der Waals surface area (Å²) in [4.78, 5) is 23.6. The second kappa shape index (κ2) is 11.4. The Kier molecular flexibility index (Phi) is 9.44. The molecule has 0 aliphatic heterocycles. The van der Waals surface area contributed by atoms with Crippen molar-refractivity contribution in [1.29, 1.82) is 0 Å². The number of hydrogen-bond donors (Lipinski definition) is 2. The van der Waals surface area contributed by atoms with E-state index in [0.29, 0.717) is 6.54 Å². The maximum Gasteiger partial charge on any atom is 0.408 e. The topological polar surface area (TPSA) is 95.1 Å². The molecule has 0 saturated carbocycles. The number of rotatable bonds is 10. The van der Waals surface area contributed by atoms with Gasteiger partial charge in [0.05, 0.1) is 7.11 Å². The second-order valence-electron chi connectivity index (χ2n) is 4.84. The molecule has 8 nitrogen and oxygen atoms in total. The molecule has 0 spiro atoms. The van der Waals surface area contributed by atoms with Gasteiger partial charge in [-0.25, -0.2) is 9.59 Å². The van der Waals surface area contributed by atoms with Crippen molar-refractivity contribution in [1.82, 2.24) is 10.6 Å². The van der Waals surface area contributed by atoms with Gasteiger partial charge in [-0.1, -0.05) is 30.3 Å². The van der Waals surface area contributed by atoms with Gasteiger partial charge in [-0.3, -0.25) is 0 Å². The Morgan fingerprint density at radius 2 is 1.71 bits per heavy atom. The maximum atomic E-state index is 11.8. The number of hydrogen-bond acceptors (Lipinski definition) is 7. The van der Waals surface area contributed by atoms with Gasteiger partial charge in [0.1, 0.15) is 12.6 Å². The number of alkyl carbamates (subject to hydrolysis) is 1. The van der Waals surface area contributed by atoms with E-state index in [4.69, 9.17) is 14.2 Å². The summed E-state index contributed by atoms with van der Waals surface area (Å²) >= 11 is 0. The van der Waals surface area contributed by atoms with Crippen LogP contribution in [0.2, 0.25) is 0 Å². The first kappa shape index (κ1) is 19.9. The number of esters is 1. The molecule has 0 radical (unpaired) electrons. The van der Waals surface area contributed by atoms with Gasteiger partial charge in [0, 0.05) is 27.3 Å². The molecular weight excluding hydrogens is 316 g/mol. The van der Waals surface area contributed by atoms with Gasteiger partial charge in [0.2, 0.25) is 0 Å².